The molecule has 5 rings (SSSR count). The summed E-state index contributed by atoms with van der Waals surface area (Å²) in [5.74, 6) is -3.31. The summed E-state index contributed by atoms with van der Waals surface area (Å²) >= 11 is 0. The molecule has 3 aliphatic rings. The van der Waals surface area contributed by atoms with Gasteiger partial charge >= 0.3 is 5.97 Å². The number of fused-ring (bicyclic) bond motifs is 1. The number of nitrogens with zero attached hydrogens (tertiary/aromatic N) is 2. The van der Waals surface area contributed by atoms with E-state index in [1.807, 2.05) is 62.4 Å². The number of hydrogen-bond donors (Lipinski definition) is 2. The van der Waals surface area contributed by atoms with Crippen LogP contribution < -0.4 is 10.2 Å². The molecule has 47 heavy (non-hydrogen) atoms. The van der Waals surface area contributed by atoms with E-state index in [1.54, 1.807) is 17.1 Å². The summed E-state index contributed by atoms with van der Waals surface area (Å²) in [6.07, 6.45) is 3.89. The Balaban J connectivity index is 1.46. The summed E-state index contributed by atoms with van der Waals surface area (Å²) in [6, 6.07) is 14.0. The number of benzene rings is 2. The first-order chi connectivity index (χ1) is 22.7. The van der Waals surface area contributed by atoms with E-state index in [1.165, 1.54) is 4.90 Å². The Morgan fingerprint density at radius 2 is 1.94 bits per heavy atom. The molecule has 3 heterocycles. The minimum absolute atomic E-state index is 0.0593. The van der Waals surface area contributed by atoms with Crippen molar-refractivity contribution < 1.29 is 33.8 Å². The third-order valence-corrected chi connectivity index (χ3v) is 9.59. The molecule has 2 aromatic carbocycles. The van der Waals surface area contributed by atoms with Crippen molar-refractivity contribution in [1.29, 1.82) is 0 Å². The zero-order valence-electron chi connectivity index (χ0n) is 27.2. The molecular formula is C37H45N3O7. The van der Waals surface area contributed by atoms with Gasteiger partial charge in [0.25, 0.3) is 5.91 Å². The number of rotatable bonds is 15. The van der Waals surface area contributed by atoms with Gasteiger partial charge in [0, 0.05) is 31.8 Å². The molecule has 0 unspecified atom stereocenters. The number of allylic oxidation sites excluding steroid dienone is 1. The molecule has 2 bridgehead atoms. The van der Waals surface area contributed by atoms with Crippen molar-refractivity contribution in [3.05, 3.63) is 90.5 Å². The molecule has 0 radical (unpaired) electrons. The zero-order chi connectivity index (χ0) is 33.7. The molecular weight excluding hydrogens is 598 g/mol. The summed E-state index contributed by atoms with van der Waals surface area (Å²) < 4.78 is 12.7. The Kier molecular flexibility index (Phi) is 10.6. The Morgan fingerprint density at radius 3 is 2.64 bits per heavy atom. The first-order valence-corrected chi connectivity index (χ1v) is 16.4. The van der Waals surface area contributed by atoms with Gasteiger partial charge in [0.1, 0.15) is 17.7 Å². The number of aryl methyl sites for hydroxylation is 2. The first kappa shape index (κ1) is 34.1. The van der Waals surface area contributed by atoms with Crippen molar-refractivity contribution in [1.82, 2.24) is 10.2 Å². The quantitative estimate of drug-likeness (QED) is 0.223. The zero-order valence-corrected chi connectivity index (χ0v) is 27.2. The average molecular weight is 644 g/mol. The van der Waals surface area contributed by atoms with Crippen LogP contribution in [0, 0.1) is 25.7 Å². The average Bonchev–Trinajstić information content (AvgIpc) is 3.72. The normalized spacial score (nSPS) is 24.8. The fourth-order valence-electron chi connectivity index (χ4n) is 7.42. The number of amides is 3. The summed E-state index contributed by atoms with van der Waals surface area (Å²) in [4.78, 5) is 58.7. The molecule has 0 aliphatic carbocycles. The van der Waals surface area contributed by atoms with Crippen molar-refractivity contribution in [2.45, 2.75) is 69.8 Å². The Labute approximate surface area is 276 Å². The van der Waals surface area contributed by atoms with Crippen molar-refractivity contribution in [3.8, 4) is 0 Å². The fourth-order valence-corrected chi connectivity index (χ4v) is 7.42. The Bertz CT molecular complexity index is 1510. The summed E-state index contributed by atoms with van der Waals surface area (Å²) in [5, 5.41) is 12.6. The van der Waals surface area contributed by atoms with E-state index < -0.39 is 41.7 Å². The van der Waals surface area contributed by atoms with Crippen LogP contribution >= 0.6 is 0 Å². The first-order valence-electron chi connectivity index (χ1n) is 16.4. The highest BCUT2D eigenvalue weighted by atomic mass is 16.6. The predicted molar refractivity (Wildman–Crippen MR) is 177 cm³/mol. The lowest BCUT2D eigenvalue weighted by atomic mass is 9.70. The number of hydrogen-bond acceptors (Lipinski definition) is 7. The van der Waals surface area contributed by atoms with E-state index in [0.717, 1.165) is 11.1 Å². The summed E-state index contributed by atoms with van der Waals surface area (Å²) in [7, 11) is 0. The lowest BCUT2D eigenvalue weighted by Gasteiger charge is -2.37. The number of carbonyl (C=O) groups excluding carboxylic acids is 4. The van der Waals surface area contributed by atoms with Gasteiger partial charge in [-0.2, -0.15) is 0 Å². The van der Waals surface area contributed by atoms with Gasteiger partial charge in [-0.15, -0.1) is 13.2 Å². The fraction of sp³-hybridized carbons (Fsp3) is 0.459. The predicted octanol–water partition coefficient (Wildman–Crippen LogP) is 3.95. The minimum atomic E-state index is -1.23. The molecule has 10 heteroatoms. The van der Waals surface area contributed by atoms with Gasteiger partial charge in [-0.25, -0.2) is 0 Å². The second-order valence-corrected chi connectivity index (χ2v) is 12.7. The van der Waals surface area contributed by atoms with Crippen molar-refractivity contribution in [2.24, 2.45) is 11.8 Å². The molecule has 10 nitrogen and oxygen atoms in total. The van der Waals surface area contributed by atoms with Gasteiger partial charge < -0.3 is 29.7 Å². The molecule has 0 aromatic heterocycles. The highest BCUT2D eigenvalue weighted by molar-refractivity contribution is 6.05. The molecule has 3 aliphatic heterocycles. The van der Waals surface area contributed by atoms with Crippen LogP contribution in [0.2, 0.25) is 0 Å². The number of esters is 1. The molecule has 3 saturated heterocycles. The number of likely N-dealkylation sites (tertiary alicyclic amines) is 1. The molecule has 250 valence electrons. The van der Waals surface area contributed by atoms with Crippen LogP contribution in [0.25, 0.3) is 0 Å². The Hall–Kier alpha value is -4.28. The van der Waals surface area contributed by atoms with E-state index in [4.69, 9.17) is 9.47 Å². The summed E-state index contributed by atoms with van der Waals surface area (Å²) in [5.41, 5.74) is 2.07. The van der Waals surface area contributed by atoms with Gasteiger partial charge in [0.15, 0.2) is 0 Å². The highest BCUT2D eigenvalue weighted by Gasteiger charge is 2.75. The van der Waals surface area contributed by atoms with E-state index in [0.29, 0.717) is 30.5 Å². The van der Waals surface area contributed by atoms with Gasteiger partial charge in [-0.3, -0.25) is 19.2 Å². The van der Waals surface area contributed by atoms with E-state index in [9.17, 15) is 24.3 Å². The number of aliphatic hydroxyl groups is 1. The molecule has 3 fully saturated rings. The van der Waals surface area contributed by atoms with Crippen LogP contribution in [-0.2, 0) is 28.7 Å². The van der Waals surface area contributed by atoms with Crippen molar-refractivity contribution >= 4 is 29.4 Å². The monoisotopic (exact) mass is 643 g/mol. The molecule has 1 spiro atoms. The van der Waals surface area contributed by atoms with Gasteiger partial charge in [0.2, 0.25) is 11.8 Å². The Morgan fingerprint density at radius 1 is 1.17 bits per heavy atom. The van der Waals surface area contributed by atoms with Crippen LogP contribution in [0.1, 0.15) is 54.9 Å². The second kappa shape index (κ2) is 14.6. The maximum absolute atomic E-state index is 14.7. The largest absolute Gasteiger partial charge is 0.455 e. The number of nitrogens with one attached hydrogen (secondary N) is 1. The van der Waals surface area contributed by atoms with Gasteiger partial charge in [0.05, 0.1) is 24.5 Å². The van der Waals surface area contributed by atoms with E-state index in [2.05, 4.69) is 18.5 Å². The SMILES string of the molecule is C=CCCC(=O)NC[C@H](OC(=O)[C@@H]1[C@H]2C(=O)N(CCCO)[C@H](C(=O)N(CC=C)c3cc(C)ccc3C)[C@]23CC[C@H]1O3)c1ccccc1. The lowest BCUT2D eigenvalue weighted by Crippen LogP contribution is -2.56. The maximum atomic E-state index is 14.7. The van der Waals surface area contributed by atoms with Crippen LogP contribution in [0.15, 0.2) is 73.8 Å². The highest BCUT2D eigenvalue weighted by Crippen LogP contribution is 2.59. The van der Waals surface area contributed by atoms with E-state index >= 15 is 0 Å². The van der Waals surface area contributed by atoms with Crippen molar-refractivity contribution in [3.63, 3.8) is 0 Å². The van der Waals surface area contributed by atoms with Crippen molar-refractivity contribution in [2.75, 3.05) is 31.1 Å². The second-order valence-electron chi connectivity index (χ2n) is 12.7. The third kappa shape index (κ3) is 6.62. The van der Waals surface area contributed by atoms with E-state index in [-0.39, 0.29) is 56.8 Å². The van der Waals surface area contributed by atoms with Crippen LogP contribution in [0.3, 0.4) is 0 Å². The third-order valence-electron chi connectivity index (χ3n) is 9.59. The smallest absolute Gasteiger partial charge is 0.313 e. The number of carbonyl (C=O) groups is 4. The van der Waals surface area contributed by atoms with Crippen LogP contribution in [0.4, 0.5) is 5.69 Å². The number of anilines is 1. The molecule has 0 saturated carbocycles. The molecule has 3 amide bonds. The minimum Gasteiger partial charge on any atom is -0.455 e. The molecule has 2 aromatic rings. The summed E-state index contributed by atoms with van der Waals surface area (Å²) in [6.45, 7) is 11.7. The number of aliphatic hydroxyl groups excluding tert-OH is 1. The molecule has 6 atom stereocenters. The van der Waals surface area contributed by atoms with Gasteiger partial charge in [-0.1, -0.05) is 54.6 Å². The van der Waals surface area contributed by atoms with Gasteiger partial charge in [-0.05, 0) is 62.3 Å². The molecule has 2 N–H and O–H groups in total. The van der Waals surface area contributed by atoms with Crippen LogP contribution in [-0.4, -0.2) is 77.7 Å². The standard InChI is InChI=1S/C37H45N3O7/c1-5-7-14-30(42)38-23-29(26-12-9-8-10-13-26)46-36(45)31-28-17-18-37(47-28)32(31)34(43)40(20-11-21-41)33(37)35(44)39(19-6-2)27-22-24(3)15-16-25(27)4/h5-6,8-10,12-13,15-16,22,28-29,31-33,41H,1-2,7,11,14,17-21,23H2,3-4H3,(H,38,42)/t28-,29+,31+,32+,33-,37+/m1/s1. The number of ether oxygens (including phenoxy) is 2. The lowest BCUT2D eigenvalue weighted by molar-refractivity contribution is -0.160. The topological polar surface area (TPSA) is 125 Å². The van der Waals surface area contributed by atoms with Crippen LogP contribution in [0.5, 0.6) is 0 Å². The maximum Gasteiger partial charge on any atom is 0.313 e.